The van der Waals surface area contributed by atoms with Gasteiger partial charge in [-0.2, -0.15) is 18.2 Å². The number of aryl methyl sites for hydroxylation is 1. The van der Waals surface area contributed by atoms with Crippen molar-refractivity contribution < 1.29 is 17.9 Å². The van der Waals surface area contributed by atoms with Gasteiger partial charge in [-0.15, -0.1) is 0 Å². The number of halogens is 3. The van der Waals surface area contributed by atoms with Gasteiger partial charge in [0.2, 0.25) is 0 Å². The summed E-state index contributed by atoms with van der Waals surface area (Å²) in [6.45, 7) is 2.31. The second kappa shape index (κ2) is 10.1. The third-order valence-corrected chi connectivity index (χ3v) is 4.57. The highest BCUT2D eigenvalue weighted by molar-refractivity contribution is 5.60. The van der Waals surface area contributed by atoms with E-state index in [1.54, 1.807) is 12.1 Å². The van der Waals surface area contributed by atoms with E-state index in [1.807, 2.05) is 42.5 Å². The highest BCUT2D eigenvalue weighted by Gasteiger charge is 2.35. The summed E-state index contributed by atoms with van der Waals surface area (Å²) in [6.07, 6.45) is 0.501. The fraction of sp³-hybridized carbons (Fsp3) is 0.304. The maximum atomic E-state index is 13.4. The number of hydrogen-bond acceptors (Lipinski definition) is 4. The molecule has 0 fully saturated rings. The van der Waals surface area contributed by atoms with Gasteiger partial charge in [-0.25, -0.2) is 4.98 Å². The molecule has 0 spiro atoms. The molecule has 0 radical (unpaired) electrons. The van der Waals surface area contributed by atoms with Crippen molar-refractivity contribution in [2.45, 2.75) is 45.4 Å². The van der Waals surface area contributed by atoms with E-state index in [4.69, 9.17) is 4.74 Å². The first-order chi connectivity index (χ1) is 14.5. The zero-order chi connectivity index (χ0) is 21.4. The number of nitrogens with zero attached hydrogens (tertiary/aromatic N) is 2. The van der Waals surface area contributed by atoms with Crippen LogP contribution >= 0.6 is 0 Å². The molecule has 3 rings (SSSR count). The third-order valence-electron chi connectivity index (χ3n) is 4.57. The largest absolute Gasteiger partial charge is 0.459 e. The van der Waals surface area contributed by atoms with Crippen molar-refractivity contribution in [2.75, 3.05) is 5.32 Å². The lowest BCUT2D eigenvalue weighted by molar-refractivity contribution is -0.137. The van der Waals surface area contributed by atoms with Crippen LogP contribution in [0, 0.1) is 0 Å². The summed E-state index contributed by atoms with van der Waals surface area (Å²) in [5, 5.41) is 2.76. The Morgan fingerprint density at radius 3 is 2.33 bits per heavy atom. The lowest BCUT2D eigenvalue weighted by Crippen LogP contribution is -2.12. The van der Waals surface area contributed by atoms with Crippen molar-refractivity contribution in [3.63, 3.8) is 0 Å². The summed E-state index contributed by atoms with van der Waals surface area (Å²) < 4.78 is 45.7. The highest BCUT2D eigenvalue weighted by Crippen LogP contribution is 2.35. The van der Waals surface area contributed by atoms with Gasteiger partial charge >= 0.3 is 12.2 Å². The molecule has 1 aromatic heterocycles. The molecular formula is C23H24F3N3O. The van der Waals surface area contributed by atoms with E-state index in [-0.39, 0.29) is 18.4 Å². The number of ether oxygens (including phenoxy) is 1. The second-order valence-electron chi connectivity index (χ2n) is 6.97. The molecule has 0 saturated heterocycles. The monoisotopic (exact) mass is 415 g/mol. The summed E-state index contributed by atoms with van der Waals surface area (Å²) in [6, 6.07) is 16.5. The molecule has 0 unspecified atom stereocenters. The molecule has 1 N–H and O–H groups in total. The van der Waals surface area contributed by atoms with E-state index < -0.39 is 11.7 Å². The predicted molar refractivity (Wildman–Crippen MR) is 111 cm³/mol. The van der Waals surface area contributed by atoms with Gasteiger partial charge in [0.05, 0.1) is 0 Å². The maximum absolute atomic E-state index is 13.4. The lowest BCUT2D eigenvalue weighted by Gasteiger charge is -2.15. The molecule has 30 heavy (non-hydrogen) atoms. The summed E-state index contributed by atoms with van der Waals surface area (Å²) in [7, 11) is 0. The molecule has 0 atom stereocenters. The topological polar surface area (TPSA) is 47.0 Å². The third kappa shape index (κ3) is 6.20. The van der Waals surface area contributed by atoms with Gasteiger partial charge in [0.15, 0.2) is 0 Å². The maximum Gasteiger partial charge on any atom is 0.421 e. The molecule has 2 aromatic carbocycles. The Balaban J connectivity index is 1.75. The summed E-state index contributed by atoms with van der Waals surface area (Å²) >= 11 is 0. The number of benzene rings is 2. The molecule has 1 heterocycles. The van der Waals surface area contributed by atoms with E-state index in [2.05, 4.69) is 22.2 Å². The smallest absolute Gasteiger partial charge is 0.421 e. The Kier molecular flexibility index (Phi) is 7.27. The molecule has 4 nitrogen and oxygen atoms in total. The van der Waals surface area contributed by atoms with Crippen LogP contribution < -0.4 is 10.1 Å². The Morgan fingerprint density at radius 1 is 0.933 bits per heavy atom. The van der Waals surface area contributed by atoms with Crippen molar-refractivity contribution >= 4 is 11.5 Å². The Bertz CT molecular complexity index is 929. The Morgan fingerprint density at radius 2 is 1.67 bits per heavy atom. The van der Waals surface area contributed by atoms with Crippen molar-refractivity contribution in [2.24, 2.45) is 0 Å². The van der Waals surface area contributed by atoms with Crippen LogP contribution in [0.3, 0.4) is 0 Å². The second-order valence-corrected chi connectivity index (χ2v) is 6.97. The minimum Gasteiger partial charge on any atom is -0.459 e. The molecule has 0 aliphatic rings. The van der Waals surface area contributed by atoms with E-state index in [0.717, 1.165) is 43.0 Å². The zero-order valence-corrected chi connectivity index (χ0v) is 16.7. The van der Waals surface area contributed by atoms with Crippen LogP contribution in [0.2, 0.25) is 0 Å². The number of aromatic nitrogens is 2. The fourth-order valence-corrected chi connectivity index (χ4v) is 2.93. The minimum absolute atomic E-state index is 0.120. The molecular weight excluding hydrogens is 391 g/mol. The van der Waals surface area contributed by atoms with Crippen molar-refractivity contribution in [3.8, 4) is 6.01 Å². The number of anilines is 2. The highest BCUT2D eigenvalue weighted by atomic mass is 19.4. The van der Waals surface area contributed by atoms with Crippen LogP contribution in [0.5, 0.6) is 6.01 Å². The van der Waals surface area contributed by atoms with Gasteiger partial charge < -0.3 is 10.1 Å². The number of hydrogen-bond donors (Lipinski definition) is 1. The molecule has 0 aliphatic heterocycles. The molecule has 0 saturated carbocycles. The molecule has 7 heteroatoms. The van der Waals surface area contributed by atoms with E-state index in [9.17, 15) is 13.2 Å². The quantitative estimate of drug-likeness (QED) is 0.403. The van der Waals surface area contributed by atoms with Crippen LogP contribution in [0.15, 0.2) is 60.8 Å². The Labute approximate surface area is 174 Å². The standard InChI is InChI=1S/C23H24F3N3O/c1-2-3-5-8-17-11-13-19(14-12-17)28-21-20(23(24,25)26)15-27-22(29-21)30-16-18-9-6-4-7-10-18/h4,6-7,9-15H,2-3,5,8,16H2,1H3,(H,27,28,29). The molecule has 3 aromatic rings. The SMILES string of the molecule is CCCCCc1ccc(Nc2nc(OCc3ccccc3)ncc2C(F)(F)F)cc1. The lowest BCUT2D eigenvalue weighted by atomic mass is 10.1. The predicted octanol–water partition coefficient (Wildman–Crippen LogP) is 6.55. The molecule has 0 bridgehead atoms. The normalized spacial score (nSPS) is 11.3. The molecule has 0 aliphatic carbocycles. The fourth-order valence-electron chi connectivity index (χ4n) is 2.93. The van der Waals surface area contributed by atoms with Gasteiger partial charge in [0, 0.05) is 11.9 Å². The number of rotatable bonds is 9. The van der Waals surface area contributed by atoms with Gasteiger partial charge in [-0.05, 0) is 36.1 Å². The summed E-state index contributed by atoms with van der Waals surface area (Å²) in [4.78, 5) is 7.69. The van der Waals surface area contributed by atoms with Crippen molar-refractivity contribution in [1.29, 1.82) is 0 Å². The van der Waals surface area contributed by atoms with Crippen LogP contribution in [0.1, 0.15) is 42.9 Å². The first kappa shape index (κ1) is 21.6. The van der Waals surface area contributed by atoms with Crippen LogP contribution in [0.25, 0.3) is 0 Å². The number of alkyl halides is 3. The van der Waals surface area contributed by atoms with Crippen LogP contribution in [-0.2, 0) is 19.2 Å². The Hall–Kier alpha value is -3.09. The summed E-state index contributed by atoms with van der Waals surface area (Å²) in [5.74, 6) is -0.334. The van der Waals surface area contributed by atoms with E-state index in [1.165, 1.54) is 0 Å². The summed E-state index contributed by atoms with van der Waals surface area (Å²) in [5.41, 5.74) is 1.60. The van der Waals surface area contributed by atoms with Crippen molar-refractivity contribution in [1.82, 2.24) is 9.97 Å². The molecule has 0 amide bonds. The van der Waals surface area contributed by atoms with Gasteiger partial charge in [-0.1, -0.05) is 62.2 Å². The van der Waals surface area contributed by atoms with Gasteiger partial charge in [-0.3, -0.25) is 0 Å². The van der Waals surface area contributed by atoms with Crippen molar-refractivity contribution in [3.05, 3.63) is 77.5 Å². The zero-order valence-electron chi connectivity index (χ0n) is 16.7. The average molecular weight is 415 g/mol. The first-order valence-corrected chi connectivity index (χ1v) is 9.92. The first-order valence-electron chi connectivity index (χ1n) is 9.92. The van der Waals surface area contributed by atoms with E-state index in [0.29, 0.717) is 5.69 Å². The van der Waals surface area contributed by atoms with E-state index >= 15 is 0 Å². The number of unbranched alkanes of at least 4 members (excludes halogenated alkanes) is 2. The van der Waals surface area contributed by atoms with Gasteiger partial charge in [0.1, 0.15) is 18.0 Å². The van der Waals surface area contributed by atoms with Gasteiger partial charge in [0.25, 0.3) is 0 Å². The molecule has 158 valence electrons. The van der Waals surface area contributed by atoms with Crippen LogP contribution in [-0.4, -0.2) is 9.97 Å². The minimum atomic E-state index is -4.58. The number of nitrogens with one attached hydrogen (secondary N) is 1. The average Bonchev–Trinajstić information content (AvgIpc) is 2.74. The van der Waals surface area contributed by atoms with Crippen LogP contribution in [0.4, 0.5) is 24.7 Å².